The second-order valence-electron chi connectivity index (χ2n) is 5.34. The van der Waals surface area contributed by atoms with Crippen molar-refractivity contribution in [1.29, 1.82) is 0 Å². The Hall–Kier alpha value is -1.12. The Bertz CT molecular complexity index is 676. The van der Waals surface area contributed by atoms with Crippen LogP contribution in [0.25, 0.3) is 0 Å². The molecule has 0 spiro atoms. The molecule has 0 radical (unpaired) electrons. The molecular weight excluding hydrogens is 370 g/mol. The van der Waals surface area contributed by atoms with Crippen LogP contribution in [0.15, 0.2) is 28.2 Å². The van der Waals surface area contributed by atoms with Crippen LogP contribution in [-0.2, 0) is 17.1 Å². The fourth-order valence-electron chi connectivity index (χ4n) is 2.42. The smallest absolute Gasteiger partial charge is 0.268 e. The van der Waals surface area contributed by atoms with Crippen LogP contribution in [0.3, 0.4) is 0 Å². The third-order valence-electron chi connectivity index (χ3n) is 3.61. The molecule has 1 aromatic heterocycles. The number of amides is 1. The van der Waals surface area contributed by atoms with Gasteiger partial charge in [-0.1, -0.05) is 28.9 Å². The van der Waals surface area contributed by atoms with Gasteiger partial charge in [0.15, 0.2) is 0 Å². The molecule has 0 unspecified atom stereocenters. The number of carbonyl (C=O) groups is 1. The highest BCUT2D eigenvalue weighted by Gasteiger charge is 2.28. The number of carbonyl (C=O) groups excluding carboxylic acids is 1. The minimum atomic E-state index is -3.52. The van der Waals surface area contributed by atoms with Gasteiger partial charge in [-0.25, -0.2) is 8.42 Å². The molecule has 1 saturated heterocycles. The van der Waals surface area contributed by atoms with Crippen LogP contribution < -0.4 is 5.32 Å². The molecular formula is C14H20BrN3O3S. The minimum Gasteiger partial charge on any atom is -0.346 e. The average molecular weight is 390 g/mol. The van der Waals surface area contributed by atoms with Gasteiger partial charge in [-0.2, -0.15) is 4.31 Å². The second-order valence-corrected chi connectivity index (χ2v) is 8.40. The van der Waals surface area contributed by atoms with E-state index in [0.29, 0.717) is 23.3 Å². The lowest BCUT2D eigenvalue weighted by Crippen LogP contribution is -2.35. The highest BCUT2D eigenvalue weighted by atomic mass is 79.9. The molecule has 8 heteroatoms. The molecule has 1 aliphatic rings. The lowest BCUT2D eigenvalue weighted by Gasteiger charge is -2.25. The summed E-state index contributed by atoms with van der Waals surface area (Å²) < 4.78 is 28.9. The molecule has 0 saturated carbocycles. The molecule has 0 aliphatic carbocycles. The number of halogens is 1. The van der Waals surface area contributed by atoms with Gasteiger partial charge < -0.3 is 9.88 Å². The standard InChI is InChI=1S/C14H20BrN3O3S/c1-11(15)9-16-14(19)13-8-12(10-17(13)2)22(20,21)18-6-4-3-5-7-18/h8,10H,1,3-7,9H2,2H3,(H,16,19). The van der Waals surface area contributed by atoms with Gasteiger partial charge >= 0.3 is 0 Å². The third kappa shape index (κ3) is 3.80. The zero-order chi connectivity index (χ0) is 16.3. The van der Waals surface area contributed by atoms with Gasteiger partial charge in [0, 0.05) is 37.4 Å². The highest BCUT2D eigenvalue weighted by molar-refractivity contribution is 9.11. The summed E-state index contributed by atoms with van der Waals surface area (Å²) in [6, 6.07) is 1.43. The maximum absolute atomic E-state index is 12.6. The summed E-state index contributed by atoms with van der Waals surface area (Å²) >= 11 is 3.16. The molecule has 0 aromatic carbocycles. The van der Waals surface area contributed by atoms with Crippen molar-refractivity contribution < 1.29 is 13.2 Å². The molecule has 1 aliphatic heterocycles. The Kier molecular flexibility index (Phi) is 5.46. The van der Waals surface area contributed by atoms with Gasteiger partial charge in [-0.3, -0.25) is 4.79 Å². The lowest BCUT2D eigenvalue weighted by atomic mass is 10.2. The molecule has 2 rings (SSSR count). The summed E-state index contributed by atoms with van der Waals surface area (Å²) in [4.78, 5) is 12.3. The number of aryl methyl sites for hydroxylation is 1. The quantitative estimate of drug-likeness (QED) is 0.834. The van der Waals surface area contributed by atoms with Crippen molar-refractivity contribution in [2.45, 2.75) is 24.2 Å². The maximum Gasteiger partial charge on any atom is 0.268 e. The Morgan fingerprint density at radius 1 is 1.36 bits per heavy atom. The van der Waals surface area contributed by atoms with E-state index in [9.17, 15) is 13.2 Å². The van der Waals surface area contributed by atoms with E-state index < -0.39 is 10.0 Å². The van der Waals surface area contributed by atoms with Crippen LogP contribution in [0.4, 0.5) is 0 Å². The van der Waals surface area contributed by atoms with Crippen molar-refractivity contribution >= 4 is 31.9 Å². The molecule has 22 heavy (non-hydrogen) atoms. The molecule has 1 aromatic rings. The predicted octanol–water partition coefficient (Wildman–Crippen LogP) is 1.84. The zero-order valence-electron chi connectivity index (χ0n) is 12.5. The van der Waals surface area contributed by atoms with Crippen molar-refractivity contribution in [3.63, 3.8) is 0 Å². The van der Waals surface area contributed by atoms with E-state index in [-0.39, 0.29) is 17.3 Å². The maximum atomic E-state index is 12.6. The monoisotopic (exact) mass is 389 g/mol. The van der Waals surface area contributed by atoms with Gasteiger partial charge in [0.2, 0.25) is 10.0 Å². The number of hydrogen-bond acceptors (Lipinski definition) is 3. The molecule has 1 N–H and O–H groups in total. The summed E-state index contributed by atoms with van der Waals surface area (Å²) in [5.74, 6) is -0.330. The second kappa shape index (κ2) is 6.97. The topological polar surface area (TPSA) is 71.4 Å². The van der Waals surface area contributed by atoms with Gasteiger partial charge in [0.1, 0.15) is 10.6 Å². The zero-order valence-corrected chi connectivity index (χ0v) is 14.9. The van der Waals surface area contributed by atoms with Crippen LogP contribution in [0.1, 0.15) is 29.8 Å². The number of rotatable bonds is 5. The normalized spacial score (nSPS) is 16.5. The largest absolute Gasteiger partial charge is 0.346 e. The van der Waals surface area contributed by atoms with Crippen LogP contribution in [0.5, 0.6) is 0 Å². The van der Waals surface area contributed by atoms with Gasteiger partial charge in [-0.05, 0) is 18.9 Å². The minimum absolute atomic E-state index is 0.166. The van der Waals surface area contributed by atoms with Gasteiger partial charge in [0.25, 0.3) is 5.91 Å². The van der Waals surface area contributed by atoms with Crippen LogP contribution in [0, 0.1) is 0 Å². The Labute approximate surface area is 139 Å². The number of nitrogens with one attached hydrogen (secondary N) is 1. The highest BCUT2D eigenvalue weighted by Crippen LogP contribution is 2.22. The first kappa shape index (κ1) is 17.2. The number of hydrogen-bond donors (Lipinski definition) is 1. The fourth-order valence-corrected chi connectivity index (χ4v) is 4.15. The Morgan fingerprint density at radius 3 is 2.59 bits per heavy atom. The van der Waals surface area contributed by atoms with Crippen molar-refractivity contribution in [3.05, 3.63) is 29.0 Å². The molecule has 6 nitrogen and oxygen atoms in total. The van der Waals surface area contributed by atoms with E-state index in [1.807, 2.05) is 0 Å². The number of piperidine rings is 1. The van der Waals surface area contributed by atoms with Crippen LogP contribution in [0.2, 0.25) is 0 Å². The third-order valence-corrected chi connectivity index (χ3v) is 5.75. The summed E-state index contributed by atoms with van der Waals surface area (Å²) in [7, 11) is -1.86. The van der Waals surface area contributed by atoms with Gasteiger partial charge in [-0.15, -0.1) is 0 Å². The van der Waals surface area contributed by atoms with E-state index >= 15 is 0 Å². The number of sulfonamides is 1. The first-order chi connectivity index (χ1) is 10.3. The molecule has 2 heterocycles. The first-order valence-electron chi connectivity index (χ1n) is 7.10. The molecule has 1 amide bonds. The number of nitrogens with zero attached hydrogens (tertiary/aromatic N) is 2. The van der Waals surface area contributed by atoms with Crippen molar-refractivity contribution in [3.8, 4) is 0 Å². The lowest BCUT2D eigenvalue weighted by molar-refractivity contribution is 0.0949. The van der Waals surface area contributed by atoms with E-state index in [0.717, 1.165) is 19.3 Å². The van der Waals surface area contributed by atoms with E-state index in [1.54, 1.807) is 7.05 Å². The summed E-state index contributed by atoms with van der Waals surface area (Å²) in [5, 5.41) is 2.67. The average Bonchev–Trinajstić information content (AvgIpc) is 2.88. The van der Waals surface area contributed by atoms with Gasteiger partial charge in [0.05, 0.1) is 0 Å². The SMILES string of the molecule is C=C(Br)CNC(=O)c1cc(S(=O)(=O)N2CCCCC2)cn1C. The van der Waals surface area contributed by atoms with Crippen LogP contribution >= 0.6 is 15.9 Å². The summed E-state index contributed by atoms with van der Waals surface area (Å²) in [5.41, 5.74) is 0.310. The first-order valence-corrected chi connectivity index (χ1v) is 9.33. The van der Waals surface area contributed by atoms with E-state index in [4.69, 9.17) is 0 Å². The fraction of sp³-hybridized carbons (Fsp3) is 0.500. The summed E-state index contributed by atoms with van der Waals surface area (Å²) in [6.45, 7) is 5.02. The Morgan fingerprint density at radius 2 is 2.00 bits per heavy atom. The molecule has 122 valence electrons. The molecule has 0 bridgehead atoms. The molecule has 1 fully saturated rings. The predicted molar refractivity (Wildman–Crippen MR) is 88.4 cm³/mol. The summed E-state index contributed by atoms with van der Waals surface area (Å²) in [6.07, 6.45) is 4.31. The van der Waals surface area contributed by atoms with Crippen molar-refractivity contribution in [1.82, 2.24) is 14.2 Å². The van der Waals surface area contributed by atoms with Crippen molar-refractivity contribution in [2.24, 2.45) is 7.05 Å². The molecule has 0 atom stereocenters. The number of aromatic nitrogens is 1. The van der Waals surface area contributed by atoms with E-state index in [1.165, 1.54) is 21.1 Å². The Balaban J connectivity index is 2.21. The van der Waals surface area contributed by atoms with Crippen molar-refractivity contribution in [2.75, 3.05) is 19.6 Å². The van der Waals surface area contributed by atoms with Crippen LogP contribution in [-0.4, -0.2) is 42.8 Å². The van der Waals surface area contributed by atoms with E-state index in [2.05, 4.69) is 27.8 Å².